The summed E-state index contributed by atoms with van der Waals surface area (Å²) in [5, 5.41) is 13.1. The number of benzene rings is 3. The summed E-state index contributed by atoms with van der Waals surface area (Å²) in [7, 11) is 0. The van der Waals surface area contributed by atoms with E-state index in [1.54, 1.807) is 0 Å². The summed E-state index contributed by atoms with van der Waals surface area (Å²) in [5.74, 6) is -1.73. The molecule has 1 aliphatic rings. The molecule has 0 radical (unpaired) electrons. The predicted molar refractivity (Wildman–Crippen MR) is 100 cm³/mol. The van der Waals surface area contributed by atoms with Gasteiger partial charge in [-0.3, -0.25) is 0 Å². The van der Waals surface area contributed by atoms with E-state index in [1.165, 1.54) is 27.5 Å². The van der Waals surface area contributed by atoms with Gasteiger partial charge in [-0.2, -0.15) is 13.2 Å². The molecule has 3 aromatic carbocycles. The van der Waals surface area contributed by atoms with Crippen LogP contribution in [0.4, 0.5) is 13.2 Å². The van der Waals surface area contributed by atoms with Gasteiger partial charge in [0.05, 0.1) is 0 Å². The van der Waals surface area contributed by atoms with Crippen molar-refractivity contribution in [1.82, 2.24) is 5.32 Å². The maximum Gasteiger partial charge on any atom is 0.490 e. The second kappa shape index (κ2) is 8.31. The standard InChI is InChI=1S/C19H17NO.C2HF3O2/c1-2-8-16-14(5-1)6-3-9-17(16)18-10-4-7-15-13-20-11-12-21-19(15)18;3-2(4,5)1(6)7/h1-10,20H,11-13H2;(H,6,7). The number of ether oxygens (including phenoxy) is 1. The van der Waals surface area contributed by atoms with Crippen LogP contribution in [-0.4, -0.2) is 30.4 Å². The van der Waals surface area contributed by atoms with Crippen molar-refractivity contribution >= 4 is 16.7 Å². The van der Waals surface area contributed by atoms with E-state index < -0.39 is 12.1 Å². The molecular formula is C21H18F3NO3. The van der Waals surface area contributed by atoms with E-state index in [1.807, 2.05) is 0 Å². The van der Waals surface area contributed by atoms with Crippen LogP contribution in [0.15, 0.2) is 60.7 Å². The van der Waals surface area contributed by atoms with Crippen LogP contribution in [0.1, 0.15) is 5.56 Å². The Morgan fingerprint density at radius 1 is 0.964 bits per heavy atom. The lowest BCUT2D eigenvalue weighted by molar-refractivity contribution is -0.192. The summed E-state index contributed by atoms with van der Waals surface area (Å²) in [6, 6.07) is 21.4. The number of alkyl halides is 3. The zero-order chi connectivity index (χ0) is 20.1. The van der Waals surface area contributed by atoms with E-state index in [0.29, 0.717) is 0 Å². The van der Waals surface area contributed by atoms with E-state index >= 15 is 0 Å². The number of carbonyl (C=O) groups is 1. The topological polar surface area (TPSA) is 58.6 Å². The van der Waals surface area contributed by atoms with E-state index in [0.717, 1.165) is 25.4 Å². The normalized spacial score (nSPS) is 13.5. The minimum Gasteiger partial charge on any atom is -0.491 e. The molecule has 28 heavy (non-hydrogen) atoms. The molecule has 0 spiro atoms. The largest absolute Gasteiger partial charge is 0.491 e. The molecule has 4 rings (SSSR count). The van der Waals surface area contributed by atoms with E-state index in [4.69, 9.17) is 14.6 Å². The van der Waals surface area contributed by atoms with E-state index in [9.17, 15) is 13.2 Å². The smallest absolute Gasteiger partial charge is 0.490 e. The summed E-state index contributed by atoms with van der Waals surface area (Å²) in [6.07, 6.45) is -5.08. The number of halogens is 3. The first-order valence-corrected chi connectivity index (χ1v) is 8.61. The quantitative estimate of drug-likeness (QED) is 0.638. The van der Waals surface area contributed by atoms with Gasteiger partial charge in [-0.15, -0.1) is 0 Å². The lowest BCUT2D eigenvalue weighted by Gasteiger charge is -2.14. The molecule has 7 heteroatoms. The lowest BCUT2D eigenvalue weighted by atomic mass is 9.96. The number of aliphatic carboxylic acids is 1. The second-order valence-corrected chi connectivity index (χ2v) is 6.15. The molecule has 4 nitrogen and oxygen atoms in total. The SMILES string of the molecule is O=C(O)C(F)(F)F.c1cc2c(c(-c3cccc4ccccc34)c1)OCCNC2. The average Bonchev–Trinajstić information content (AvgIpc) is 2.93. The highest BCUT2D eigenvalue weighted by Gasteiger charge is 2.38. The zero-order valence-electron chi connectivity index (χ0n) is 14.8. The summed E-state index contributed by atoms with van der Waals surface area (Å²) in [4.78, 5) is 8.90. The second-order valence-electron chi connectivity index (χ2n) is 6.15. The van der Waals surface area contributed by atoms with Crippen molar-refractivity contribution in [2.24, 2.45) is 0 Å². The molecule has 0 saturated carbocycles. The molecule has 0 bridgehead atoms. The molecule has 0 amide bonds. The van der Waals surface area contributed by atoms with Crippen LogP contribution < -0.4 is 10.1 Å². The number of rotatable bonds is 1. The minimum absolute atomic E-state index is 0.717. The minimum atomic E-state index is -5.08. The fourth-order valence-electron chi connectivity index (χ4n) is 3.02. The molecular weight excluding hydrogens is 371 g/mol. The average molecular weight is 389 g/mol. The lowest BCUT2D eigenvalue weighted by Crippen LogP contribution is -2.21. The maximum absolute atomic E-state index is 10.6. The Balaban J connectivity index is 0.000000279. The molecule has 146 valence electrons. The number of carboxylic acid groups (broad SMARTS) is 1. The van der Waals surface area contributed by atoms with Gasteiger partial charge in [-0.05, 0) is 16.3 Å². The number of nitrogens with one attached hydrogen (secondary N) is 1. The Kier molecular flexibility index (Phi) is 5.84. The molecule has 1 aliphatic heterocycles. The molecule has 0 aromatic heterocycles. The molecule has 0 unspecified atom stereocenters. The first kappa shape index (κ1) is 19.7. The van der Waals surface area contributed by atoms with Gasteiger partial charge < -0.3 is 15.2 Å². The number of hydrogen-bond donors (Lipinski definition) is 2. The maximum atomic E-state index is 10.6. The third-order valence-electron chi connectivity index (χ3n) is 4.26. The van der Waals surface area contributed by atoms with Gasteiger partial charge in [0.25, 0.3) is 0 Å². The van der Waals surface area contributed by atoms with Crippen molar-refractivity contribution < 1.29 is 27.8 Å². The molecule has 0 saturated heterocycles. The Hall–Kier alpha value is -3.06. The summed E-state index contributed by atoms with van der Waals surface area (Å²) in [6.45, 7) is 2.48. The van der Waals surface area contributed by atoms with Crippen LogP contribution in [0, 0.1) is 0 Å². The highest BCUT2D eigenvalue weighted by molar-refractivity contribution is 5.98. The number of para-hydroxylation sites is 1. The Morgan fingerprint density at radius 3 is 2.36 bits per heavy atom. The molecule has 1 heterocycles. The van der Waals surface area contributed by atoms with Gasteiger partial charge in [-0.1, -0.05) is 60.7 Å². The highest BCUT2D eigenvalue weighted by Crippen LogP contribution is 2.37. The van der Waals surface area contributed by atoms with Crippen LogP contribution >= 0.6 is 0 Å². The highest BCUT2D eigenvalue weighted by atomic mass is 19.4. The van der Waals surface area contributed by atoms with Crippen LogP contribution in [0.3, 0.4) is 0 Å². The van der Waals surface area contributed by atoms with Crippen LogP contribution in [0.5, 0.6) is 5.75 Å². The third-order valence-corrected chi connectivity index (χ3v) is 4.26. The Morgan fingerprint density at radius 2 is 1.61 bits per heavy atom. The van der Waals surface area contributed by atoms with Crippen LogP contribution in [0.2, 0.25) is 0 Å². The van der Waals surface area contributed by atoms with E-state index in [-0.39, 0.29) is 0 Å². The van der Waals surface area contributed by atoms with Crippen molar-refractivity contribution in [1.29, 1.82) is 0 Å². The number of hydrogen-bond acceptors (Lipinski definition) is 3. The van der Waals surface area contributed by atoms with Crippen molar-refractivity contribution in [3.05, 3.63) is 66.2 Å². The zero-order valence-corrected chi connectivity index (χ0v) is 14.8. The van der Waals surface area contributed by atoms with Gasteiger partial charge in [0.1, 0.15) is 12.4 Å². The van der Waals surface area contributed by atoms with Gasteiger partial charge in [0, 0.05) is 24.2 Å². The van der Waals surface area contributed by atoms with Crippen molar-refractivity contribution in [2.75, 3.05) is 13.2 Å². The van der Waals surface area contributed by atoms with Gasteiger partial charge in [0.15, 0.2) is 0 Å². The molecule has 3 aromatic rings. The fraction of sp³-hybridized carbons (Fsp3) is 0.190. The van der Waals surface area contributed by atoms with Gasteiger partial charge >= 0.3 is 12.1 Å². The Bertz CT molecular complexity index is 981. The number of fused-ring (bicyclic) bond motifs is 2. The van der Waals surface area contributed by atoms with Crippen LogP contribution in [0.25, 0.3) is 21.9 Å². The van der Waals surface area contributed by atoms with Crippen molar-refractivity contribution in [2.45, 2.75) is 12.7 Å². The summed E-state index contributed by atoms with van der Waals surface area (Å²) >= 11 is 0. The van der Waals surface area contributed by atoms with Crippen molar-refractivity contribution in [3.63, 3.8) is 0 Å². The Labute approximate surface area is 159 Å². The first-order valence-electron chi connectivity index (χ1n) is 8.61. The van der Waals surface area contributed by atoms with Gasteiger partial charge in [0.2, 0.25) is 0 Å². The number of carboxylic acids is 1. The first-order chi connectivity index (χ1) is 13.4. The molecule has 0 fully saturated rings. The monoisotopic (exact) mass is 389 g/mol. The molecule has 2 N–H and O–H groups in total. The van der Waals surface area contributed by atoms with Gasteiger partial charge in [-0.25, -0.2) is 4.79 Å². The van der Waals surface area contributed by atoms with Crippen LogP contribution in [-0.2, 0) is 11.3 Å². The molecule has 0 aliphatic carbocycles. The predicted octanol–water partition coefficient (Wildman–Crippen LogP) is 4.62. The fourth-order valence-corrected chi connectivity index (χ4v) is 3.02. The van der Waals surface area contributed by atoms with Crippen molar-refractivity contribution in [3.8, 4) is 16.9 Å². The summed E-state index contributed by atoms with van der Waals surface area (Å²) < 4.78 is 37.8. The van der Waals surface area contributed by atoms with E-state index in [2.05, 4.69) is 66.0 Å². The third kappa shape index (κ3) is 4.43. The summed E-state index contributed by atoms with van der Waals surface area (Å²) in [5.41, 5.74) is 3.66. The molecule has 0 atom stereocenters.